The van der Waals surface area contributed by atoms with Gasteiger partial charge in [0.15, 0.2) is 8.32 Å². The number of hydrogen-bond acceptors (Lipinski definition) is 3. The van der Waals surface area contributed by atoms with E-state index < -0.39 is 8.32 Å². The largest absolute Gasteiger partial charge is 0.410 e. The lowest BCUT2D eigenvalue weighted by molar-refractivity contribution is 0.0681. The average molecular weight is 439 g/mol. The van der Waals surface area contributed by atoms with Gasteiger partial charge in [0.25, 0.3) is 0 Å². The molecule has 0 unspecified atom stereocenters. The summed E-state index contributed by atoms with van der Waals surface area (Å²) in [4.78, 5) is 4.73. The van der Waals surface area contributed by atoms with Gasteiger partial charge in [-0.1, -0.05) is 57.2 Å². The Labute approximate surface area is 188 Å². The third kappa shape index (κ3) is 5.46. The first-order valence-electron chi connectivity index (χ1n) is 11.2. The Morgan fingerprint density at radius 2 is 1.65 bits per heavy atom. The van der Waals surface area contributed by atoms with E-state index in [9.17, 15) is 0 Å². The van der Waals surface area contributed by atoms with Gasteiger partial charge in [0.2, 0.25) is 0 Å². The highest BCUT2D eigenvalue weighted by atomic mass is 28.4. The Hall–Kier alpha value is -1.95. The number of benzene rings is 2. The summed E-state index contributed by atoms with van der Waals surface area (Å²) >= 11 is 0. The molecule has 0 saturated heterocycles. The van der Waals surface area contributed by atoms with Crippen LogP contribution < -0.4 is 0 Å². The number of nitrogens with zero attached hydrogens (tertiary/aromatic N) is 2. The maximum atomic E-state index is 6.83. The first-order chi connectivity index (χ1) is 14.4. The molecule has 0 bridgehead atoms. The van der Waals surface area contributed by atoms with Crippen molar-refractivity contribution in [1.82, 2.24) is 9.55 Å². The second-order valence-corrected chi connectivity index (χ2v) is 15.2. The van der Waals surface area contributed by atoms with E-state index in [1.807, 2.05) is 13.1 Å². The summed E-state index contributed by atoms with van der Waals surface area (Å²) in [7, 11) is -1.91. The predicted molar refractivity (Wildman–Crippen MR) is 133 cm³/mol. The molecular weight excluding hydrogens is 400 g/mol. The molecule has 0 N–H and O–H groups in total. The molecule has 0 fully saturated rings. The smallest absolute Gasteiger partial charge is 0.192 e. The van der Waals surface area contributed by atoms with Crippen LogP contribution in [-0.4, -0.2) is 30.1 Å². The van der Waals surface area contributed by atoms with Crippen LogP contribution in [0.4, 0.5) is 0 Å². The van der Waals surface area contributed by atoms with Crippen LogP contribution >= 0.6 is 0 Å². The minimum Gasteiger partial charge on any atom is -0.410 e. The Balaban J connectivity index is 2.00. The molecule has 0 amide bonds. The summed E-state index contributed by atoms with van der Waals surface area (Å²) in [6, 6.07) is 15.1. The number of ether oxygens (including phenoxy) is 1. The van der Waals surface area contributed by atoms with E-state index in [-0.39, 0.29) is 10.6 Å². The summed E-state index contributed by atoms with van der Waals surface area (Å²) in [5.74, 6) is 0.942. The molecule has 0 aliphatic carbocycles. The van der Waals surface area contributed by atoms with E-state index in [1.54, 1.807) is 0 Å². The number of aromatic nitrogens is 2. The van der Waals surface area contributed by atoms with Crippen molar-refractivity contribution in [3.05, 3.63) is 54.5 Å². The molecular formula is C26H38N2O2Si. The van der Waals surface area contributed by atoms with Gasteiger partial charge in [-0.15, -0.1) is 0 Å². The number of imidazole rings is 1. The monoisotopic (exact) mass is 438 g/mol. The van der Waals surface area contributed by atoms with Crippen molar-refractivity contribution in [3.63, 3.8) is 0 Å². The minimum atomic E-state index is -1.91. The molecule has 2 aromatic carbocycles. The zero-order valence-electron chi connectivity index (χ0n) is 20.5. The fourth-order valence-electron chi connectivity index (χ4n) is 3.73. The van der Waals surface area contributed by atoms with Gasteiger partial charge in [0.1, 0.15) is 12.4 Å². The fourth-order valence-corrected chi connectivity index (χ4v) is 5.49. The summed E-state index contributed by atoms with van der Waals surface area (Å²) in [5.41, 5.74) is 1.94. The van der Waals surface area contributed by atoms with Crippen LogP contribution in [-0.2, 0) is 22.3 Å². The third-order valence-electron chi connectivity index (χ3n) is 6.30. The first-order valence-corrected chi connectivity index (χ1v) is 14.2. The Kier molecular flexibility index (Phi) is 6.80. The zero-order valence-corrected chi connectivity index (χ0v) is 21.5. The van der Waals surface area contributed by atoms with Gasteiger partial charge >= 0.3 is 0 Å². The molecule has 0 radical (unpaired) electrons. The van der Waals surface area contributed by atoms with Gasteiger partial charge in [0, 0.05) is 12.2 Å². The van der Waals surface area contributed by atoms with Crippen LogP contribution in [0, 0.1) is 0 Å². The number of rotatable bonds is 8. The van der Waals surface area contributed by atoms with Crippen LogP contribution in [0.3, 0.4) is 0 Å². The third-order valence-corrected chi connectivity index (χ3v) is 11.0. The Morgan fingerprint density at radius 1 is 0.968 bits per heavy atom. The molecule has 168 valence electrons. The molecule has 0 aliphatic rings. The summed E-state index contributed by atoms with van der Waals surface area (Å²) < 4.78 is 14.9. The van der Waals surface area contributed by atoms with E-state index >= 15 is 0 Å². The topological polar surface area (TPSA) is 36.3 Å². The quantitative estimate of drug-likeness (QED) is 0.354. The van der Waals surface area contributed by atoms with Crippen molar-refractivity contribution in [2.75, 3.05) is 6.61 Å². The van der Waals surface area contributed by atoms with Crippen molar-refractivity contribution < 1.29 is 9.16 Å². The number of hydrogen-bond donors (Lipinski definition) is 0. The molecule has 5 heteroatoms. The molecule has 0 saturated carbocycles. The highest BCUT2D eigenvalue weighted by Gasteiger charge is 2.41. The SMILES string of the molecule is CCOCc1ncc(-c2ccc3ccccc3c2)n1CC(C)(C)O[Si](C)(C)C(C)(C)C. The molecule has 4 nitrogen and oxygen atoms in total. The average Bonchev–Trinajstić information content (AvgIpc) is 3.05. The van der Waals surface area contributed by atoms with Gasteiger partial charge < -0.3 is 13.7 Å². The van der Waals surface area contributed by atoms with Crippen LogP contribution in [0.5, 0.6) is 0 Å². The summed E-state index contributed by atoms with van der Waals surface area (Å²) in [6.07, 6.45) is 1.97. The molecule has 31 heavy (non-hydrogen) atoms. The molecule has 0 spiro atoms. The van der Waals surface area contributed by atoms with Crippen molar-refractivity contribution >= 4 is 19.1 Å². The van der Waals surface area contributed by atoms with Gasteiger partial charge in [-0.25, -0.2) is 4.98 Å². The second-order valence-electron chi connectivity index (χ2n) is 10.5. The summed E-state index contributed by atoms with van der Waals surface area (Å²) in [6.45, 7) is 19.8. The molecule has 1 aromatic heterocycles. The molecule has 3 aromatic rings. The van der Waals surface area contributed by atoms with Crippen LogP contribution in [0.15, 0.2) is 48.7 Å². The molecule has 0 atom stereocenters. The second kappa shape index (κ2) is 8.89. The normalized spacial score (nSPS) is 13.2. The van der Waals surface area contributed by atoms with Crippen molar-refractivity contribution in [2.24, 2.45) is 0 Å². The maximum absolute atomic E-state index is 6.83. The van der Waals surface area contributed by atoms with E-state index in [0.29, 0.717) is 13.2 Å². The van der Waals surface area contributed by atoms with E-state index in [4.69, 9.17) is 14.1 Å². The highest BCUT2D eigenvalue weighted by Crippen LogP contribution is 2.40. The lowest BCUT2D eigenvalue weighted by atomic mass is 10.0. The van der Waals surface area contributed by atoms with Crippen molar-refractivity contribution in [3.8, 4) is 11.3 Å². The lowest BCUT2D eigenvalue weighted by Gasteiger charge is -2.43. The lowest BCUT2D eigenvalue weighted by Crippen LogP contribution is -2.49. The predicted octanol–water partition coefficient (Wildman–Crippen LogP) is 7.04. The van der Waals surface area contributed by atoms with Gasteiger partial charge in [-0.3, -0.25) is 0 Å². The van der Waals surface area contributed by atoms with Gasteiger partial charge in [0.05, 0.1) is 24.0 Å². The van der Waals surface area contributed by atoms with Gasteiger partial charge in [-0.2, -0.15) is 0 Å². The zero-order chi connectivity index (χ0) is 22.9. The van der Waals surface area contributed by atoms with Crippen molar-refractivity contribution in [1.29, 1.82) is 0 Å². The summed E-state index contributed by atoms with van der Waals surface area (Å²) in [5, 5.41) is 2.64. The maximum Gasteiger partial charge on any atom is 0.192 e. The van der Waals surface area contributed by atoms with Crippen molar-refractivity contribution in [2.45, 2.75) is 78.4 Å². The first kappa shape index (κ1) is 23.7. The standard InChI is InChI=1S/C26H38N2O2Si/c1-9-29-18-24-27-17-23(22-15-14-20-12-10-11-13-21(20)16-22)28(24)19-26(5,6)30-31(7,8)25(2,3)4/h10-17H,9,18-19H2,1-8H3. The Bertz CT molecular complexity index is 1030. The number of fused-ring (bicyclic) bond motifs is 1. The molecule has 1 heterocycles. The van der Waals surface area contributed by atoms with Crippen LogP contribution in [0.2, 0.25) is 18.1 Å². The van der Waals surface area contributed by atoms with E-state index in [2.05, 4.69) is 94.7 Å². The van der Waals surface area contributed by atoms with Gasteiger partial charge in [-0.05, 0) is 55.7 Å². The van der Waals surface area contributed by atoms with E-state index in [1.165, 1.54) is 10.8 Å². The fraction of sp³-hybridized carbons (Fsp3) is 0.500. The van der Waals surface area contributed by atoms with Crippen LogP contribution in [0.1, 0.15) is 47.4 Å². The minimum absolute atomic E-state index is 0.161. The molecule has 3 rings (SSSR count). The molecule has 0 aliphatic heterocycles. The Morgan fingerprint density at radius 3 is 2.29 bits per heavy atom. The van der Waals surface area contributed by atoms with Crippen LogP contribution in [0.25, 0.3) is 22.0 Å². The highest BCUT2D eigenvalue weighted by molar-refractivity contribution is 6.74. The van der Waals surface area contributed by atoms with E-state index in [0.717, 1.165) is 23.6 Å².